The minimum atomic E-state index is -0.824. The Labute approximate surface area is 390 Å². The lowest BCUT2D eigenvalue weighted by Crippen LogP contribution is -2.66. The summed E-state index contributed by atoms with van der Waals surface area (Å²) >= 11 is 0. The van der Waals surface area contributed by atoms with Crippen LogP contribution >= 0.6 is 0 Å². The molecular weight excluding hydrogens is 815 g/mol. The van der Waals surface area contributed by atoms with E-state index in [9.17, 15) is 24.3 Å². The van der Waals surface area contributed by atoms with E-state index in [1.54, 1.807) is 0 Å². The Balaban J connectivity index is 0.927. The third-order valence-electron chi connectivity index (χ3n) is 20.1. The minimum absolute atomic E-state index is 0.0644. The van der Waals surface area contributed by atoms with E-state index >= 15 is 0 Å². The maximum atomic E-state index is 14.3. The van der Waals surface area contributed by atoms with Crippen LogP contribution in [0.4, 0.5) is 0 Å². The molecule has 8 rings (SSSR count). The number of amides is 1. The van der Waals surface area contributed by atoms with Crippen LogP contribution in [0.1, 0.15) is 163 Å². The van der Waals surface area contributed by atoms with Gasteiger partial charge in [0.25, 0.3) is 5.91 Å². The highest BCUT2D eigenvalue weighted by Crippen LogP contribution is 2.77. The zero-order valence-corrected chi connectivity index (χ0v) is 41.9. The topological polar surface area (TPSA) is 134 Å². The zero-order chi connectivity index (χ0) is 47.1. The summed E-state index contributed by atoms with van der Waals surface area (Å²) in [6.45, 7) is 30.6. The number of ketones is 1. The summed E-state index contributed by atoms with van der Waals surface area (Å²) in [6, 6.07) is 8.00. The van der Waals surface area contributed by atoms with Crippen LogP contribution in [-0.4, -0.2) is 84.7 Å². The number of nitrogens with one attached hydrogen (secondary N) is 2. The maximum Gasteiger partial charge on any atom is 0.309 e. The monoisotopic (exact) mass is 898 g/mol. The molecule has 10 heteroatoms. The van der Waals surface area contributed by atoms with Crippen molar-refractivity contribution in [2.75, 3.05) is 39.4 Å². The van der Waals surface area contributed by atoms with E-state index in [0.29, 0.717) is 48.5 Å². The van der Waals surface area contributed by atoms with E-state index < -0.39 is 22.8 Å². The molecule has 0 unspecified atom stereocenters. The van der Waals surface area contributed by atoms with Crippen LogP contribution in [-0.2, 0) is 30.4 Å². The van der Waals surface area contributed by atoms with E-state index in [1.165, 1.54) is 11.1 Å². The van der Waals surface area contributed by atoms with Crippen molar-refractivity contribution in [2.24, 2.45) is 68.0 Å². The third kappa shape index (κ3) is 8.17. The predicted octanol–water partition coefficient (Wildman–Crippen LogP) is 9.65. The molecule has 1 heterocycles. The number of carbonyl (C=O) groups excluding carboxylic acids is 3. The van der Waals surface area contributed by atoms with Crippen LogP contribution in [0.3, 0.4) is 0 Å². The first-order valence-corrected chi connectivity index (χ1v) is 25.5. The second-order valence-corrected chi connectivity index (χ2v) is 25.1. The van der Waals surface area contributed by atoms with Crippen molar-refractivity contribution in [2.45, 2.75) is 165 Å². The summed E-state index contributed by atoms with van der Waals surface area (Å²) in [7, 11) is 0. The Morgan fingerprint density at radius 1 is 0.862 bits per heavy atom. The molecule has 0 radical (unpaired) electrons. The number of carbonyl (C=O) groups is 4. The fourth-order valence-corrected chi connectivity index (χ4v) is 16.1. The number of aliphatic carboxylic acids is 1. The van der Waals surface area contributed by atoms with Gasteiger partial charge in [0.1, 0.15) is 6.10 Å². The van der Waals surface area contributed by atoms with Gasteiger partial charge in [-0.05, 0) is 153 Å². The average Bonchev–Trinajstić information content (AvgIpc) is 3.53. The molecule has 7 aliphatic rings. The minimum Gasteiger partial charge on any atom is -0.481 e. The molecule has 0 bridgehead atoms. The average molecular weight is 898 g/mol. The summed E-state index contributed by atoms with van der Waals surface area (Å²) in [5, 5.41) is 16.7. The summed E-state index contributed by atoms with van der Waals surface area (Å²) in [5.74, 6) is -0.106. The van der Waals surface area contributed by atoms with Gasteiger partial charge in [0, 0.05) is 54.5 Å². The lowest BCUT2D eigenvalue weighted by molar-refractivity contribution is -0.236. The molecule has 10 atom stereocenters. The Hall–Kier alpha value is -3.08. The molecule has 1 aliphatic heterocycles. The number of morpholine rings is 1. The summed E-state index contributed by atoms with van der Waals surface area (Å²) in [6.07, 6.45) is 10.2. The van der Waals surface area contributed by atoms with Crippen LogP contribution in [0.5, 0.6) is 0 Å². The van der Waals surface area contributed by atoms with Gasteiger partial charge < -0.3 is 25.2 Å². The fraction of sp³-hybridized carbons (Fsp3) is 0.782. The molecule has 1 aromatic rings. The molecule has 6 aliphatic carbocycles. The number of Topliss-reactive ketones (excluding diaryl/α,β-unsaturated/α-hetero) is 1. The number of nitrogens with zero attached hydrogens (tertiary/aromatic N) is 1. The number of ether oxygens (including phenoxy) is 2. The zero-order valence-electron chi connectivity index (χ0n) is 41.9. The van der Waals surface area contributed by atoms with Gasteiger partial charge in [0.05, 0.1) is 25.0 Å². The number of allylic oxidation sites excluding steroid dienone is 2. The molecule has 360 valence electrons. The van der Waals surface area contributed by atoms with Gasteiger partial charge in [-0.3, -0.25) is 24.1 Å². The first-order valence-electron chi connectivity index (χ1n) is 25.5. The van der Waals surface area contributed by atoms with E-state index in [1.807, 2.05) is 26.0 Å². The second kappa shape index (κ2) is 17.2. The first kappa shape index (κ1) is 48.4. The normalized spacial score (nSPS) is 37.6. The molecule has 1 saturated heterocycles. The van der Waals surface area contributed by atoms with Crippen LogP contribution in [0, 0.1) is 68.0 Å². The molecular formula is C55H83N3O7. The molecule has 1 amide bonds. The standard InChI is InChI=1S/C55H83N3O7/c1-34(2)44-40(59)31-55(24-25-56-33-49(3,4)57-46(60)36-14-12-35(13-15-36)32-58-26-28-64-29-27-58)23-22-53(10)37(45(44)55)16-17-42-52(9)20-19-43(51(7,8)41(52)18-21-54(42,53)11)65-48(63)39-30-38(47(61)62)50(39,5)6/h12-15,34,37-39,41-43,56H,16-33H2,1-11H3,(H,57,60)(H,61,62)/t37-,38+,39-,41+,42-,43+,52+,53-,54-,55-/m1/s1. The van der Waals surface area contributed by atoms with E-state index in [0.717, 1.165) is 103 Å². The first-order chi connectivity index (χ1) is 30.4. The Morgan fingerprint density at radius 2 is 1.55 bits per heavy atom. The highest BCUT2D eigenvalue weighted by molar-refractivity contribution is 6.00. The number of hydrogen-bond acceptors (Lipinski definition) is 8. The number of rotatable bonds is 13. The van der Waals surface area contributed by atoms with Crippen molar-refractivity contribution in [3.05, 3.63) is 46.5 Å². The second-order valence-electron chi connectivity index (χ2n) is 25.1. The van der Waals surface area contributed by atoms with E-state index in [-0.39, 0.29) is 56.9 Å². The number of carboxylic acids is 1. The van der Waals surface area contributed by atoms with Gasteiger partial charge in [-0.1, -0.05) is 80.0 Å². The fourth-order valence-electron chi connectivity index (χ4n) is 16.1. The Bertz CT molecular complexity index is 2050. The maximum absolute atomic E-state index is 14.3. The van der Waals surface area contributed by atoms with Gasteiger partial charge in [-0.25, -0.2) is 0 Å². The van der Waals surface area contributed by atoms with Crippen molar-refractivity contribution in [1.29, 1.82) is 0 Å². The van der Waals surface area contributed by atoms with Crippen LogP contribution in [0.15, 0.2) is 35.4 Å². The van der Waals surface area contributed by atoms with E-state index in [2.05, 4.69) is 90.0 Å². The number of esters is 1. The van der Waals surface area contributed by atoms with Crippen LogP contribution in [0.2, 0.25) is 0 Å². The quantitative estimate of drug-likeness (QED) is 0.131. The highest BCUT2D eigenvalue weighted by atomic mass is 16.5. The van der Waals surface area contributed by atoms with Gasteiger partial charge in [-0.15, -0.1) is 0 Å². The number of benzene rings is 1. The van der Waals surface area contributed by atoms with Crippen molar-refractivity contribution in [3.63, 3.8) is 0 Å². The smallest absolute Gasteiger partial charge is 0.309 e. The molecule has 0 aromatic heterocycles. The lowest BCUT2D eigenvalue weighted by Gasteiger charge is -2.72. The molecule has 1 aromatic carbocycles. The largest absolute Gasteiger partial charge is 0.481 e. The highest BCUT2D eigenvalue weighted by Gasteiger charge is 2.70. The van der Waals surface area contributed by atoms with Gasteiger partial charge in [0.2, 0.25) is 0 Å². The number of hydrogen-bond donors (Lipinski definition) is 3. The van der Waals surface area contributed by atoms with Gasteiger partial charge >= 0.3 is 11.9 Å². The molecule has 10 nitrogen and oxygen atoms in total. The van der Waals surface area contributed by atoms with Crippen molar-refractivity contribution < 1.29 is 33.8 Å². The van der Waals surface area contributed by atoms with E-state index in [4.69, 9.17) is 9.47 Å². The summed E-state index contributed by atoms with van der Waals surface area (Å²) in [5.41, 5.74) is 3.39. The Morgan fingerprint density at radius 3 is 2.20 bits per heavy atom. The molecule has 65 heavy (non-hydrogen) atoms. The van der Waals surface area contributed by atoms with Crippen molar-refractivity contribution in [3.8, 4) is 0 Å². The molecule has 6 fully saturated rings. The molecule has 5 saturated carbocycles. The number of carboxylic acid groups (broad SMARTS) is 1. The van der Waals surface area contributed by atoms with Crippen LogP contribution < -0.4 is 10.6 Å². The molecule has 0 spiro atoms. The third-order valence-corrected chi connectivity index (χ3v) is 20.1. The summed E-state index contributed by atoms with van der Waals surface area (Å²) in [4.78, 5) is 55.6. The SMILES string of the molecule is CC(C)C1=C2[C@H]3CC[C@@H]4[C@@]5(C)CC[C@H](OC(=O)[C@H]6C[C@@H](C(=O)O)C6(C)C)C(C)(C)[C@@H]5CC[C@@]4(C)[C@]3(C)CC[C@@]2(CCNCC(C)(C)NC(=O)c2ccc(CN3CCOCC3)cc2)CC1=O. The number of fused-ring (bicyclic) bond motifs is 7. The van der Waals surface area contributed by atoms with Gasteiger partial charge in [-0.2, -0.15) is 0 Å². The van der Waals surface area contributed by atoms with Crippen molar-refractivity contribution in [1.82, 2.24) is 15.5 Å². The Kier molecular flexibility index (Phi) is 12.8. The molecule has 3 N–H and O–H groups in total. The predicted molar refractivity (Wildman–Crippen MR) is 254 cm³/mol. The lowest BCUT2D eigenvalue weighted by atomic mass is 9.33. The van der Waals surface area contributed by atoms with Crippen LogP contribution in [0.25, 0.3) is 0 Å². The van der Waals surface area contributed by atoms with Crippen molar-refractivity contribution >= 4 is 23.6 Å². The van der Waals surface area contributed by atoms with Gasteiger partial charge in [0.15, 0.2) is 5.78 Å². The summed E-state index contributed by atoms with van der Waals surface area (Å²) < 4.78 is 11.9.